The van der Waals surface area contributed by atoms with E-state index in [1.54, 1.807) is 0 Å². The van der Waals surface area contributed by atoms with Gasteiger partial charge in [0.1, 0.15) is 0 Å². The number of ether oxygens (including phenoxy) is 12. The molecule has 0 radical (unpaired) electrons. The average Bonchev–Trinajstić information content (AvgIpc) is 2.96. The maximum atomic E-state index is 12.5. The van der Waals surface area contributed by atoms with E-state index in [4.69, 9.17) is 56.8 Å². The van der Waals surface area contributed by atoms with Crippen molar-refractivity contribution in [2.24, 2.45) is 10.8 Å². The summed E-state index contributed by atoms with van der Waals surface area (Å²) in [6.45, 7) is 20.7. The minimum Gasteiger partial charge on any atom is -0.476 e. The first-order valence-electron chi connectivity index (χ1n) is 12.4. The lowest BCUT2D eigenvalue weighted by Crippen LogP contribution is -2.45. The summed E-state index contributed by atoms with van der Waals surface area (Å²) in [6.07, 6.45) is 7.11. The van der Waals surface area contributed by atoms with Crippen LogP contribution in [0.5, 0.6) is 0 Å². The zero-order chi connectivity index (χ0) is 30.5. The van der Waals surface area contributed by atoms with E-state index >= 15 is 0 Å². The molecule has 0 aromatic rings. The summed E-state index contributed by atoms with van der Waals surface area (Å²) in [5, 5.41) is 0. The molecule has 13 heteroatoms. The number of hydrogen-bond acceptors (Lipinski definition) is 13. The highest BCUT2D eigenvalue weighted by molar-refractivity contribution is 5.71. The van der Waals surface area contributed by atoms with Crippen LogP contribution >= 0.6 is 0 Å². The maximum Gasteiger partial charge on any atom is 0.311 e. The molecule has 0 aliphatic heterocycles. The molecule has 0 aliphatic carbocycles. The predicted octanol–water partition coefficient (Wildman–Crippen LogP) is 3.72. The molecule has 0 aromatic heterocycles. The average molecular weight is 589 g/mol. The molecular weight excluding hydrogens is 544 g/mol. The van der Waals surface area contributed by atoms with Crippen molar-refractivity contribution in [2.45, 2.75) is 6.42 Å². The largest absolute Gasteiger partial charge is 0.476 e. The zero-order valence-corrected chi connectivity index (χ0v) is 23.7. The lowest BCUT2D eigenvalue weighted by atomic mass is 9.86. The minimum atomic E-state index is -1.03. The van der Waals surface area contributed by atoms with E-state index in [0.29, 0.717) is 0 Å². The van der Waals surface area contributed by atoms with Crippen LogP contribution in [0.15, 0.2) is 77.0 Å². The third-order valence-corrected chi connectivity index (χ3v) is 4.94. The quantitative estimate of drug-likeness (QED) is 0.0490. The Kier molecular flexibility index (Phi) is 23.5. The van der Waals surface area contributed by atoms with Crippen molar-refractivity contribution >= 4 is 5.97 Å². The molecule has 0 atom stereocenters. The summed E-state index contributed by atoms with van der Waals surface area (Å²) >= 11 is 0. The second kappa shape index (κ2) is 25.6. The number of hydrogen-bond donors (Lipinski definition) is 0. The molecule has 0 aliphatic rings. The first kappa shape index (κ1) is 37.7. The van der Waals surface area contributed by atoms with Crippen molar-refractivity contribution in [1.29, 1.82) is 0 Å². The first-order chi connectivity index (χ1) is 20.0. The number of carbonyl (C=O) groups excluding carboxylic acids is 1. The highest BCUT2D eigenvalue weighted by atomic mass is 16.7. The van der Waals surface area contributed by atoms with Crippen molar-refractivity contribution in [1.82, 2.24) is 0 Å². The second-order valence-electron chi connectivity index (χ2n) is 8.32. The summed E-state index contributed by atoms with van der Waals surface area (Å²) in [6, 6.07) is 0. The zero-order valence-electron chi connectivity index (χ0n) is 23.7. The van der Waals surface area contributed by atoms with Gasteiger partial charge in [-0.3, -0.25) is 4.79 Å². The molecule has 0 aromatic carbocycles. The highest BCUT2D eigenvalue weighted by Crippen LogP contribution is 2.28. The van der Waals surface area contributed by atoms with Gasteiger partial charge in [-0.15, -0.1) is 0 Å². The third kappa shape index (κ3) is 19.4. The molecule has 0 saturated heterocycles. The normalized spacial score (nSPS) is 11.0. The maximum absolute atomic E-state index is 12.5. The monoisotopic (exact) mass is 588 g/mol. The van der Waals surface area contributed by atoms with E-state index in [0.717, 1.165) is 6.26 Å². The van der Waals surface area contributed by atoms with E-state index in [2.05, 4.69) is 39.5 Å². The topological polar surface area (TPSA) is 128 Å². The Morgan fingerprint density at radius 1 is 0.439 bits per heavy atom. The van der Waals surface area contributed by atoms with Crippen LogP contribution in [-0.4, -0.2) is 86.2 Å². The standard InChI is InChI=1S/C28H44O13/c1-7-30-21-36-15-27(13-26(29)41-12-6,16-37-22-31-8-2)14-35-17-28(18-38-23-32-9-3,19-39-24-33-10-4)20-40-25-34-11-5/h7-12H,1-6,13-25H2. The molecule has 0 N–H and O–H groups in total. The molecule has 0 fully saturated rings. The second-order valence-corrected chi connectivity index (χ2v) is 8.32. The number of rotatable bonds is 32. The molecule has 0 saturated carbocycles. The van der Waals surface area contributed by atoms with Gasteiger partial charge >= 0.3 is 5.97 Å². The summed E-state index contributed by atoms with van der Waals surface area (Å²) in [5.41, 5.74) is -1.92. The van der Waals surface area contributed by atoms with Gasteiger partial charge in [-0.2, -0.15) is 0 Å². The Balaban J connectivity index is 5.90. The van der Waals surface area contributed by atoms with Crippen molar-refractivity contribution in [3.8, 4) is 0 Å². The summed E-state index contributed by atoms with van der Waals surface area (Å²) < 4.78 is 64.8. The van der Waals surface area contributed by atoms with E-state index in [1.807, 2.05) is 0 Å². The van der Waals surface area contributed by atoms with Crippen LogP contribution in [-0.2, 0) is 61.6 Å². The molecule has 0 bridgehead atoms. The Hall–Kier alpha value is -3.33. The van der Waals surface area contributed by atoms with Gasteiger partial charge in [-0.1, -0.05) is 39.5 Å². The lowest BCUT2D eigenvalue weighted by molar-refractivity contribution is -0.174. The molecular formula is C28H44O13. The van der Waals surface area contributed by atoms with Crippen LogP contribution in [0.1, 0.15) is 6.42 Å². The van der Waals surface area contributed by atoms with Gasteiger partial charge in [0.15, 0.2) is 34.0 Å². The summed E-state index contributed by atoms with van der Waals surface area (Å²) in [7, 11) is 0. The Morgan fingerprint density at radius 2 is 0.732 bits per heavy atom. The predicted molar refractivity (Wildman–Crippen MR) is 147 cm³/mol. The number of esters is 1. The van der Waals surface area contributed by atoms with Crippen LogP contribution < -0.4 is 0 Å². The van der Waals surface area contributed by atoms with Gasteiger partial charge < -0.3 is 56.8 Å². The fraction of sp³-hybridized carbons (Fsp3) is 0.536. The Bertz CT molecular complexity index is 684. The molecule has 0 rings (SSSR count). The van der Waals surface area contributed by atoms with Crippen molar-refractivity contribution in [2.75, 3.05) is 80.2 Å². The van der Waals surface area contributed by atoms with Crippen molar-refractivity contribution in [3.05, 3.63) is 77.0 Å². The van der Waals surface area contributed by atoms with Gasteiger partial charge in [0.25, 0.3) is 0 Å². The van der Waals surface area contributed by atoms with E-state index in [-0.39, 0.29) is 86.6 Å². The van der Waals surface area contributed by atoms with E-state index in [1.165, 1.54) is 31.3 Å². The smallest absolute Gasteiger partial charge is 0.311 e. The Labute approximate surface area is 242 Å². The fourth-order valence-electron chi connectivity index (χ4n) is 3.22. The highest BCUT2D eigenvalue weighted by Gasteiger charge is 2.38. The van der Waals surface area contributed by atoms with E-state index in [9.17, 15) is 4.79 Å². The molecule has 0 heterocycles. The first-order valence-corrected chi connectivity index (χ1v) is 12.4. The molecule has 13 nitrogen and oxygen atoms in total. The van der Waals surface area contributed by atoms with Crippen molar-refractivity contribution in [3.63, 3.8) is 0 Å². The van der Waals surface area contributed by atoms with Crippen LogP contribution in [0.4, 0.5) is 0 Å². The molecule has 41 heavy (non-hydrogen) atoms. The molecule has 0 unspecified atom stereocenters. The van der Waals surface area contributed by atoms with Gasteiger partial charge in [-0.05, 0) is 0 Å². The van der Waals surface area contributed by atoms with Gasteiger partial charge in [0, 0.05) is 0 Å². The molecule has 0 spiro atoms. The number of carbonyl (C=O) groups is 1. The van der Waals surface area contributed by atoms with Gasteiger partial charge in [-0.25, -0.2) is 0 Å². The van der Waals surface area contributed by atoms with Crippen LogP contribution in [0.2, 0.25) is 0 Å². The molecule has 0 amide bonds. The fourth-order valence-corrected chi connectivity index (χ4v) is 3.22. The summed E-state index contributed by atoms with van der Waals surface area (Å²) in [4.78, 5) is 12.5. The van der Waals surface area contributed by atoms with Gasteiger partial charge in [0.2, 0.25) is 0 Å². The summed E-state index contributed by atoms with van der Waals surface area (Å²) in [5.74, 6) is -0.573. The SMILES string of the molecule is C=COCOCC(COCOC=C)(COCOC=C)COCC(COCOC=C)(COCOC=C)CC(=O)OC=C. The third-order valence-electron chi connectivity index (χ3n) is 4.94. The Morgan fingerprint density at radius 3 is 1.05 bits per heavy atom. The van der Waals surface area contributed by atoms with Crippen molar-refractivity contribution < 1.29 is 61.6 Å². The molecule has 234 valence electrons. The van der Waals surface area contributed by atoms with Gasteiger partial charge in [0.05, 0.1) is 101 Å². The van der Waals surface area contributed by atoms with E-state index < -0.39 is 16.8 Å². The minimum absolute atomic E-state index is 0.00873. The lowest BCUT2D eigenvalue weighted by Gasteiger charge is -2.36. The van der Waals surface area contributed by atoms with Crippen LogP contribution in [0.3, 0.4) is 0 Å². The van der Waals surface area contributed by atoms with Crippen LogP contribution in [0, 0.1) is 10.8 Å². The van der Waals surface area contributed by atoms with Crippen LogP contribution in [0.25, 0.3) is 0 Å².